The molecule has 1 aliphatic heterocycles. The molecule has 0 aliphatic carbocycles. The first-order valence-electron chi connectivity index (χ1n) is 6.16. The van der Waals surface area contributed by atoms with Gasteiger partial charge in [0.15, 0.2) is 6.29 Å². The Kier molecular flexibility index (Phi) is 4.40. The van der Waals surface area contributed by atoms with E-state index in [1.165, 1.54) is 11.1 Å². The summed E-state index contributed by atoms with van der Waals surface area (Å²) in [7, 11) is 1.71. The number of ether oxygens (including phenoxy) is 3. The SMILES string of the molecule is COc1ccc(CCCC2OCCO2)cc1C. The summed E-state index contributed by atoms with van der Waals surface area (Å²) in [6, 6.07) is 6.35. The van der Waals surface area contributed by atoms with Crippen LogP contribution in [0.3, 0.4) is 0 Å². The standard InChI is InChI=1S/C14H20O3/c1-11-10-12(6-7-13(11)15-2)4-3-5-14-16-8-9-17-14/h6-7,10,14H,3-5,8-9H2,1-2H3. The molecule has 0 unspecified atom stereocenters. The van der Waals surface area contributed by atoms with Gasteiger partial charge in [-0.1, -0.05) is 12.1 Å². The number of benzene rings is 1. The lowest BCUT2D eigenvalue weighted by molar-refractivity contribution is -0.0475. The van der Waals surface area contributed by atoms with Crippen LogP contribution in [0.2, 0.25) is 0 Å². The van der Waals surface area contributed by atoms with Crippen molar-refractivity contribution in [3.63, 3.8) is 0 Å². The number of hydrogen-bond donors (Lipinski definition) is 0. The number of aryl methyl sites for hydroxylation is 2. The second-order valence-corrected chi connectivity index (χ2v) is 4.37. The van der Waals surface area contributed by atoms with Crippen molar-refractivity contribution >= 4 is 0 Å². The summed E-state index contributed by atoms with van der Waals surface area (Å²) in [6.45, 7) is 3.56. The number of rotatable bonds is 5. The van der Waals surface area contributed by atoms with Crippen molar-refractivity contribution in [3.05, 3.63) is 29.3 Å². The Morgan fingerprint density at radius 3 is 2.71 bits per heavy atom. The van der Waals surface area contributed by atoms with E-state index < -0.39 is 0 Å². The van der Waals surface area contributed by atoms with Gasteiger partial charge in [-0.2, -0.15) is 0 Å². The quantitative estimate of drug-likeness (QED) is 0.786. The molecule has 3 heteroatoms. The highest BCUT2D eigenvalue weighted by Crippen LogP contribution is 2.20. The van der Waals surface area contributed by atoms with Crippen LogP contribution in [-0.4, -0.2) is 26.6 Å². The van der Waals surface area contributed by atoms with E-state index in [9.17, 15) is 0 Å². The summed E-state index contributed by atoms with van der Waals surface area (Å²) in [6.07, 6.45) is 3.16. The number of hydrogen-bond acceptors (Lipinski definition) is 3. The van der Waals surface area contributed by atoms with Crippen LogP contribution in [0.4, 0.5) is 0 Å². The molecule has 94 valence electrons. The Labute approximate surface area is 103 Å². The molecule has 0 N–H and O–H groups in total. The third-order valence-corrected chi connectivity index (χ3v) is 3.06. The third-order valence-electron chi connectivity index (χ3n) is 3.06. The molecule has 0 atom stereocenters. The predicted molar refractivity (Wildman–Crippen MR) is 66.4 cm³/mol. The lowest BCUT2D eigenvalue weighted by Gasteiger charge is -2.10. The minimum absolute atomic E-state index is 0.0225. The average molecular weight is 236 g/mol. The summed E-state index contributed by atoms with van der Waals surface area (Å²) in [4.78, 5) is 0. The second kappa shape index (κ2) is 6.03. The molecule has 0 aromatic heterocycles. The first-order valence-corrected chi connectivity index (χ1v) is 6.16. The smallest absolute Gasteiger partial charge is 0.157 e. The molecule has 1 aromatic rings. The van der Waals surface area contributed by atoms with Gasteiger partial charge in [0.25, 0.3) is 0 Å². The van der Waals surface area contributed by atoms with Gasteiger partial charge in [0.1, 0.15) is 5.75 Å². The molecule has 1 aliphatic rings. The Hall–Kier alpha value is -1.06. The Bertz CT molecular complexity index is 356. The van der Waals surface area contributed by atoms with Crippen molar-refractivity contribution in [2.24, 2.45) is 0 Å². The fraction of sp³-hybridized carbons (Fsp3) is 0.571. The van der Waals surface area contributed by atoms with Gasteiger partial charge < -0.3 is 14.2 Å². The molecular weight excluding hydrogens is 216 g/mol. The summed E-state index contributed by atoms with van der Waals surface area (Å²) in [5.74, 6) is 0.955. The van der Waals surface area contributed by atoms with E-state index in [1.807, 2.05) is 6.07 Å². The largest absolute Gasteiger partial charge is 0.496 e. The maximum Gasteiger partial charge on any atom is 0.157 e. The van der Waals surface area contributed by atoms with Crippen LogP contribution in [0.25, 0.3) is 0 Å². The Morgan fingerprint density at radius 2 is 2.06 bits per heavy atom. The zero-order valence-corrected chi connectivity index (χ0v) is 10.6. The van der Waals surface area contributed by atoms with Crippen LogP contribution in [-0.2, 0) is 15.9 Å². The van der Waals surface area contributed by atoms with Crippen molar-refractivity contribution in [2.45, 2.75) is 32.5 Å². The Morgan fingerprint density at radius 1 is 1.29 bits per heavy atom. The van der Waals surface area contributed by atoms with E-state index in [2.05, 4.69) is 19.1 Å². The molecule has 3 nitrogen and oxygen atoms in total. The summed E-state index contributed by atoms with van der Waals surface area (Å²) < 4.78 is 16.1. The van der Waals surface area contributed by atoms with Crippen LogP contribution < -0.4 is 4.74 Å². The molecule has 17 heavy (non-hydrogen) atoms. The maximum atomic E-state index is 5.41. The molecule has 1 fully saturated rings. The van der Waals surface area contributed by atoms with Crippen LogP contribution in [0.1, 0.15) is 24.0 Å². The summed E-state index contributed by atoms with van der Waals surface area (Å²) >= 11 is 0. The highest BCUT2D eigenvalue weighted by Gasteiger charge is 2.14. The molecule has 0 bridgehead atoms. The molecule has 1 saturated heterocycles. The lowest BCUT2D eigenvalue weighted by atomic mass is 10.1. The van der Waals surface area contributed by atoms with Gasteiger partial charge in [-0.15, -0.1) is 0 Å². The molecule has 2 rings (SSSR count). The monoisotopic (exact) mass is 236 g/mol. The average Bonchev–Trinajstić information content (AvgIpc) is 2.82. The summed E-state index contributed by atoms with van der Waals surface area (Å²) in [5, 5.41) is 0. The zero-order chi connectivity index (χ0) is 12.1. The maximum absolute atomic E-state index is 5.41. The van der Waals surface area contributed by atoms with Gasteiger partial charge in [0.2, 0.25) is 0 Å². The number of methoxy groups -OCH3 is 1. The fourth-order valence-corrected chi connectivity index (χ4v) is 2.14. The van der Waals surface area contributed by atoms with Crippen molar-refractivity contribution in [1.82, 2.24) is 0 Å². The van der Waals surface area contributed by atoms with Crippen molar-refractivity contribution in [1.29, 1.82) is 0 Å². The van der Waals surface area contributed by atoms with E-state index in [-0.39, 0.29) is 6.29 Å². The van der Waals surface area contributed by atoms with Crippen molar-refractivity contribution in [2.75, 3.05) is 20.3 Å². The highest BCUT2D eigenvalue weighted by molar-refractivity contribution is 5.36. The van der Waals surface area contributed by atoms with Gasteiger partial charge in [0, 0.05) is 0 Å². The van der Waals surface area contributed by atoms with E-state index in [0.717, 1.165) is 38.2 Å². The fourth-order valence-electron chi connectivity index (χ4n) is 2.14. The van der Waals surface area contributed by atoms with Crippen LogP contribution in [0.5, 0.6) is 5.75 Å². The topological polar surface area (TPSA) is 27.7 Å². The van der Waals surface area contributed by atoms with Crippen LogP contribution in [0, 0.1) is 6.92 Å². The van der Waals surface area contributed by atoms with Gasteiger partial charge in [-0.05, 0) is 43.4 Å². The van der Waals surface area contributed by atoms with Gasteiger partial charge in [0.05, 0.1) is 20.3 Å². The highest BCUT2D eigenvalue weighted by atomic mass is 16.7. The van der Waals surface area contributed by atoms with Gasteiger partial charge in [-0.3, -0.25) is 0 Å². The molecule has 0 amide bonds. The second-order valence-electron chi connectivity index (χ2n) is 4.37. The lowest BCUT2D eigenvalue weighted by Crippen LogP contribution is -2.07. The summed E-state index contributed by atoms with van der Waals surface area (Å²) in [5.41, 5.74) is 2.54. The normalized spacial score (nSPS) is 16.4. The molecular formula is C14H20O3. The molecule has 1 aromatic carbocycles. The zero-order valence-electron chi connectivity index (χ0n) is 10.6. The van der Waals surface area contributed by atoms with E-state index in [1.54, 1.807) is 7.11 Å². The van der Waals surface area contributed by atoms with Crippen LogP contribution >= 0.6 is 0 Å². The van der Waals surface area contributed by atoms with Crippen molar-refractivity contribution in [3.8, 4) is 5.75 Å². The van der Waals surface area contributed by atoms with Gasteiger partial charge >= 0.3 is 0 Å². The molecule has 0 spiro atoms. The predicted octanol–water partition coefficient (Wildman–Crippen LogP) is 2.70. The first kappa shape index (κ1) is 12.4. The third kappa shape index (κ3) is 3.45. The van der Waals surface area contributed by atoms with E-state index in [0.29, 0.717) is 0 Å². The minimum atomic E-state index is 0.0225. The first-order chi connectivity index (χ1) is 8.29. The molecule has 1 heterocycles. The van der Waals surface area contributed by atoms with E-state index >= 15 is 0 Å². The Balaban J connectivity index is 1.80. The van der Waals surface area contributed by atoms with Crippen molar-refractivity contribution < 1.29 is 14.2 Å². The molecule has 0 saturated carbocycles. The molecule has 0 radical (unpaired) electrons. The van der Waals surface area contributed by atoms with E-state index in [4.69, 9.17) is 14.2 Å². The minimum Gasteiger partial charge on any atom is -0.496 e. The van der Waals surface area contributed by atoms with Crippen LogP contribution in [0.15, 0.2) is 18.2 Å². The van der Waals surface area contributed by atoms with Gasteiger partial charge in [-0.25, -0.2) is 0 Å².